The van der Waals surface area contributed by atoms with Crippen LogP contribution in [0, 0.1) is 16.7 Å². The van der Waals surface area contributed by atoms with Crippen LogP contribution in [0.5, 0.6) is 0 Å². The van der Waals surface area contributed by atoms with E-state index in [4.69, 9.17) is 0 Å². The molecule has 0 aliphatic rings. The Morgan fingerprint density at radius 3 is 2.61 bits per heavy atom. The largest absolute Gasteiger partial charge is 0.384 e. The molecule has 0 heterocycles. The van der Waals surface area contributed by atoms with Gasteiger partial charge in [-0.15, -0.1) is 11.8 Å². The molecule has 0 saturated carbocycles. The third kappa shape index (κ3) is 4.62. The molecule has 1 aromatic rings. The molecule has 0 unspecified atom stereocenters. The summed E-state index contributed by atoms with van der Waals surface area (Å²) in [6, 6.07) is 8.33. The molecule has 1 rings (SSSR count). The number of nitriles is 1. The molecule has 1 aromatic carbocycles. The number of hydrogen-bond acceptors (Lipinski definition) is 3. The Bertz CT molecular complexity index is 427. The second-order valence-electron chi connectivity index (χ2n) is 5.46. The first kappa shape index (κ1) is 14.9. The zero-order valence-electron chi connectivity index (χ0n) is 11.7. The minimum atomic E-state index is 0.315. The van der Waals surface area contributed by atoms with Gasteiger partial charge >= 0.3 is 0 Å². The van der Waals surface area contributed by atoms with Gasteiger partial charge in [-0.3, -0.25) is 0 Å². The van der Waals surface area contributed by atoms with Crippen LogP contribution in [0.3, 0.4) is 0 Å². The van der Waals surface area contributed by atoms with Gasteiger partial charge in [0.15, 0.2) is 0 Å². The fourth-order valence-corrected chi connectivity index (χ4v) is 2.43. The van der Waals surface area contributed by atoms with Gasteiger partial charge in [0, 0.05) is 11.4 Å². The van der Waals surface area contributed by atoms with E-state index < -0.39 is 0 Å². The summed E-state index contributed by atoms with van der Waals surface area (Å²) in [4.78, 5) is 1.07. The Balaban J connectivity index is 2.77. The number of nitrogens with zero attached hydrogens (tertiary/aromatic N) is 1. The molecule has 0 aliphatic carbocycles. The third-order valence-electron chi connectivity index (χ3n) is 2.63. The molecule has 0 radical (unpaired) electrons. The van der Waals surface area contributed by atoms with Gasteiger partial charge in [0.2, 0.25) is 0 Å². The molecule has 0 aromatic heterocycles. The van der Waals surface area contributed by atoms with Crippen molar-refractivity contribution in [3.8, 4) is 6.07 Å². The molecule has 0 bridgehead atoms. The van der Waals surface area contributed by atoms with Crippen LogP contribution in [0.4, 0.5) is 5.69 Å². The average molecular weight is 262 g/mol. The molecule has 2 nitrogen and oxygen atoms in total. The topological polar surface area (TPSA) is 35.8 Å². The van der Waals surface area contributed by atoms with Gasteiger partial charge in [0.25, 0.3) is 0 Å². The van der Waals surface area contributed by atoms with E-state index in [-0.39, 0.29) is 0 Å². The Morgan fingerprint density at radius 2 is 2.06 bits per heavy atom. The Morgan fingerprint density at radius 1 is 1.33 bits per heavy atom. The summed E-state index contributed by atoms with van der Waals surface area (Å²) in [5, 5.41) is 12.7. The van der Waals surface area contributed by atoms with E-state index in [1.165, 1.54) is 0 Å². The lowest BCUT2D eigenvalue weighted by Crippen LogP contribution is -2.13. The fraction of sp³-hybridized carbons (Fsp3) is 0.533. The number of anilines is 1. The van der Waals surface area contributed by atoms with Crippen LogP contribution < -0.4 is 5.32 Å². The molecule has 0 spiro atoms. The minimum Gasteiger partial charge on any atom is -0.384 e. The Labute approximate surface area is 115 Å². The van der Waals surface area contributed by atoms with Crippen molar-refractivity contribution < 1.29 is 0 Å². The first-order chi connectivity index (χ1) is 8.48. The van der Waals surface area contributed by atoms with Crippen LogP contribution in [-0.4, -0.2) is 12.3 Å². The second kappa shape index (κ2) is 6.70. The van der Waals surface area contributed by atoms with Crippen LogP contribution in [0.15, 0.2) is 23.1 Å². The highest BCUT2D eigenvalue weighted by molar-refractivity contribution is 7.99. The smallest absolute Gasteiger partial charge is 0.102 e. The Hall–Kier alpha value is -1.14. The lowest BCUT2D eigenvalue weighted by atomic mass is 9.92. The van der Waals surface area contributed by atoms with Crippen molar-refractivity contribution in [1.29, 1.82) is 5.26 Å². The average Bonchev–Trinajstić information content (AvgIpc) is 2.28. The van der Waals surface area contributed by atoms with Crippen LogP contribution in [-0.2, 0) is 0 Å². The highest BCUT2D eigenvalue weighted by Crippen LogP contribution is 2.28. The van der Waals surface area contributed by atoms with Crippen molar-refractivity contribution >= 4 is 17.4 Å². The molecule has 18 heavy (non-hydrogen) atoms. The van der Waals surface area contributed by atoms with Gasteiger partial charge in [-0.1, -0.05) is 33.8 Å². The highest BCUT2D eigenvalue weighted by Gasteiger charge is 2.11. The standard InChI is InChI=1S/C15H22N2S/c1-5-18-14-8-6-7-13(12(14)11-16)17-10-9-15(2,3)4/h6-8,17H,5,9-10H2,1-4H3. The van der Waals surface area contributed by atoms with Gasteiger partial charge in [-0.25, -0.2) is 0 Å². The molecule has 98 valence electrons. The van der Waals surface area contributed by atoms with Crippen LogP contribution in [0.1, 0.15) is 39.7 Å². The van der Waals surface area contributed by atoms with Crippen molar-refractivity contribution in [2.24, 2.45) is 5.41 Å². The molecule has 1 N–H and O–H groups in total. The van der Waals surface area contributed by atoms with Crippen molar-refractivity contribution in [2.75, 3.05) is 17.6 Å². The molecule has 0 fully saturated rings. The fourth-order valence-electron chi connectivity index (χ4n) is 1.64. The normalized spacial score (nSPS) is 11.1. The summed E-state index contributed by atoms with van der Waals surface area (Å²) in [5.41, 5.74) is 2.05. The van der Waals surface area contributed by atoms with Crippen LogP contribution in [0.25, 0.3) is 0 Å². The van der Waals surface area contributed by atoms with Crippen LogP contribution in [0.2, 0.25) is 0 Å². The van der Waals surface area contributed by atoms with E-state index in [0.29, 0.717) is 5.41 Å². The molecule has 0 aliphatic heterocycles. The highest BCUT2D eigenvalue weighted by atomic mass is 32.2. The van der Waals surface area contributed by atoms with Gasteiger partial charge in [-0.05, 0) is 29.7 Å². The maximum absolute atomic E-state index is 9.28. The summed E-state index contributed by atoms with van der Waals surface area (Å²) in [7, 11) is 0. The minimum absolute atomic E-state index is 0.315. The second-order valence-corrected chi connectivity index (χ2v) is 6.77. The predicted molar refractivity (Wildman–Crippen MR) is 80.1 cm³/mol. The first-order valence-corrected chi connectivity index (χ1v) is 7.36. The summed E-state index contributed by atoms with van der Waals surface area (Å²) in [5.74, 6) is 0.986. The number of hydrogen-bond donors (Lipinski definition) is 1. The first-order valence-electron chi connectivity index (χ1n) is 6.37. The Kier molecular flexibility index (Phi) is 5.55. The SMILES string of the molecule is CCSc1cccc(NCCC(C)(C)C)c1C#N. The monoisotopic (exact) mass is 262 g/mol. The van der Waals surface area contributed by atoms with Gasteiger partial charge in [0.1, 0.15) is 6.07 Å². The number of thioether (sulfide) groups is 1. The van der Waals surface area contributed by atoms with E-state index >= 15 is 0 Å². The van der Waals surface area contributed by atoms with Gasteiger partial charge < -0.3 is 5.32 Å². The van der Waals surface area contributed by atoms with E-state index in [1.54, 1.807) is 11.8 Å². The number of nitrogens with one attached hydrogen (secondary N) is 1. The summed E-state index contributed by atoms with van der Waals surface area (Å²) < 4.78 is 0. The molecular formula is C15H22N2S. The van der Waals surface area contributed by atoms with E-state index in [9.17, 15) is 5.26 Å². The summed E-state index contributed by atoms with van der Waals surface area (Å²) >= 11 is 1.72. The van der Waals surface area contributed by atoms with E-state index in [1.807, 2.05) is 18.2 Å². The van der Waals surface area contributed by atoms with Gasteiger partial charge in [-0.2, -0.15) is 5.26 Å². The maximum Gasteiger partial charge on any atom is 0.102 e. The quantitative estimate of drug-likeness (QED) is 0.793. The number of benzene rings is 1. The zero-order valence-corrected chi connectivity index (χ0v) is 12.5. The van der Waals surface area contributed by atoms with Crippen molar-refractivity contribution in [3.05, 3.63) is 23.8 Å². The molecule has 0 saturated heterocycles. The zero-order chi connectivity index (χ0) is 13.6. The molecule has 3 heteroatoms. The summed E-state index contributed by atoms with van der Waals surface area (Å²) in [6.07, 6.45) is 1.09. The van der Waals surface area contributed by atoms with Crippen molar-refractivity contribution in [2.45, 2.75) is 39.0 Å². The molecule has 0 atom stereocenters. The summed E-state index contributed by atoms with van der Waals surface area (Å²) in [6.45, 7) is 9.68. The van der Waals surface area contributed by atoms with E-state index in [0.717, 1.165) is 34.9 Å². The van der Waals surface area contributed by atoms with Crippen LogP contribution >= 0.6 is 11.8 Å². The van der Waals surface area contributed by atoms with E-state index in [2.05, 4.69) is 39.1 Å². The third-order valence-corrected chi connectivity index (χ3v) is 3.57. The lowest BCUT2D eigenvalue weighted by molar-refractivity contribution is 0.390. The van der Waals surface area contributed by atoms with Crippen molar-refractivity contribution in [1.82, 2.24) is 0 Å². The van der Waals surface area contributed by atoms with Crippen molar-refractivity contribution in [3.63, 3.8) is 0 Å². The van der Waals surface area contributed by atoms with Gasteiger partial charge in [0.05, 0.1) is 11.3 Å². The maximum atomic E-state index is 9.28. The molecular weight excluding hydrogens is 240 g/mol. The molecule has 0 amide bonds. The number of rotatable bonds is 5. The lowest BCUT2D eigenvalue weighted by Gasteiger charge is -2.19. The predicted octanol–water partition coefficient (Wildman–Crippen LogP) is 4.52.